The molecule has 0 saturated carbocycles. The second-order valence-corrected chi connectivity index (χ2v) is 6.29. The third-order valence-electron chi connectivity index (χ3n) is 3.92. The Balaban J connectivity index is 2.73. The Labute approximate surface area is 108 Å². The molecule has 2 atom stereocenters. The van der Waals surface area contributed by atoms with Crippen molar-refractivity contribution in [2.45, 2.75) is 46.5 Å². The molecule has 0 bridgehead atoms. The van der Waals surface area contributed by atoms with Gasteiger partial charge in [0.15, 0.2) is 0 Å². The van der Waals surface area contributed by atoms with Gasteiger partial charge < -0.3 is 10.2 Å². The molecule has 0 aromatic heterocycles. The highest BCUT2D eigenvalue weighted by Crippen LogP contribution is 2.43. The number of rotatable bonds is 5. The summed E-state index contributed by atoms with van der Waals surface area (Å²) in [7, 11) is 0. The lowest BCUT2D eigenvalue weighted by atomic mass is 9.66. The van der Waals surface area contributed by atoms with Crippen LogP contribution < -0.4 is 0 Å². The van der Waals surface area contributed by atoms with Crippen LogP contribution in [0.15, 0.2) is 12.2 Å². The number of carbonyl (C=O) groups is 2. The Bertz CT molecular complexity index is 370. The highest BCUT2D eigenvalue weighted by molar-refractivity contribution is 5.68. The summed E-state index contributed by atoms with van der Waals surface area (Å²) in [5.41, 5.74) is -0.575. The van der Waals surface area contributed by atoms with Crippen molar-refractivity contribution in [3.63, 3.8) is 0 Å². The summed E-state index contributed by atoms with van der Waals surface area (Å²) >= 11 is 0. The maximum absolute atomic E-state index is 10.8. The van der Waals surface area contributed by atoms with Crippen molar-refractivity contribution >= 4 is 11.9 Å². The van der Waals surface area contributed by atoms with Crippen LogP contribution in [0.5, 0.6) is 0 Å². The van der Waals surface area contributed by atoms with E-state index in [9.17, 15) is 9.59 Å². The van der Waals surface area contributed by atoms with Gasteiger partial charge in [-0.3, -0.25) is 9.59 Å². The number of aliphatic carboxylic acids is 2. The predicted molar refractivity (Wildman–Crippen MR) is 68.3 cm³/mol. The van der Waals surface area contributed by atoms with Crippen LogP contribution in [0, 0.1) is 16.7 Å². The first-order chi connectivity index (χ1) is 8.15. The fraction of sp³-hybridized carbons (Fsp3) is 0.714. The Morgan fingerprint density at radius 2 is 1.94 bits per heavy atom. The van der Waals surface area contributed by atoms with Crippen molar-refractivity contribution in [1.29, 1.82) is 0 Å². The summed E-state index contributed by atoms with van der Waals surface area (Å²) < 4.78 is 0. The fourth-order valence-corrected chi connectivity index (χ4v) is 2.68. The van der Waals surface area contributed by atoms with Crippen LogP contribution in [-0.2, 0) is 9.59 Å². The number of allylic oxidation sites excluding steroid dienone is 2. The summed E-state index contributed by atoms with van der Waals surface area (Å²) in [6.07, 6.45) is 5.88. The molecule has 0 heterocycles. The number of carboxylic acids is 2. The lowest BCUT2D eigenvalue weighted by molar-refractivity contribution is -0.140. The van der Waals surface area contributed by atoms with Crippen LogP contribution in [0.1, 0.15) is 46.5 Å². The van der Waals surface area contributed by atoms with Gasteiger partial charge in [0.05, 0.1) is 12.8 Å². The zero-order valence-electron chi connectivity index (χ0n) is 11.3. The first-order valence-electron chi connectivity index (χ1n) is 6.28. The van der Waals surface area contributed by atoms with Crippen molar-refractivity contribution < 1.29 is 19.8 Å². The van der Waals surface area contributed by atoms with E-state index in [1.165, 1.54) is 0 Å². The van der Waals surface area contributed by atoms with Crippen LogP contribution in [0.25, 0.3) is 0 Å². The number of hydrogen-bond acceptors (Lipinski definition) is 2. The molecular formula is C14H22O4. The van der Waals surface area contributed by atoms with E-state index in [0.29, 0.717) is 0 Å². The lowest BCUT2D eigenvalue weighted by Crippen LogP contribution is -2.31. The topological polar surface area (TPSA) is 74.6 Å². The van der Waals surface area contributed by atoms with Crippen molar-refractivity contribution in [2.24, 2.45) is 16.7 Å². The quantitative estimate of drug-likeness (QED) is 0.740. The average Bonchev–Trinajstić information content (AvgIpc) is 2.13. The van der Waals surface area contributed by atoms with Crippen LogP contribution >= 0.6 is 0 Å². The van der Waals surface area contributed by atoms with E-state index in [-0.39, 0.29) is 29.6 Å². The summed E-state index contributed by atoms with van der Waals surface area (Å²) in [6, 6.07) is 0. The van der Waals surface area contributed by atoms with Crippen molar-refractivity contribution in [1.82, 2.24) is 0 Å². The molecule has 4 heteroatoms. The van der Waals surface area contributed by atoms with Gasteiger partial charge in [0.25, 0.3) is 0 Å². The van der Waals surface area contributed by atoms with E-state index in [4.69, 9.17) is 10.2 Å². The molecule has 0 radical (unpaired) electrons. The monoisotopic (exact) mass is 254 g/mol. The molecule has 1 rings (SSSR count). The van der Waals surface area contributed by atoms with Crippen molar-refractivity contribution in [3.05, 3.63) is 12.2 Å². The molecule has 0 saturated heterocycles. The predicted octanol–water partition coefficient (Wildman–Crippen LogP) is 2.93. The van der Waals surface area contributed by atoms with E-state index in [0.717, 1.165) is 12.8 Å². The van der Waals surface area contributed by atoms with Gasteiger partial charge >= 0.3 is 11.9 Å². The van der Waals surface area contributed by atoms with Gasteiger partial charge in [0.1, 0.15) is 0 Å². The van der Waals surface area contributed by atoms with Crippen LogP contribution in [-0.4, -0.2) is 22.2 Å². The molecular weight excluding hydrogens is 232 g/mol. The Hall–Kier alpha value is -1.32. The maximum Gasteiger partial charge on any atom is 0.304 e. The van der Waals surface area contributed by atoms with Crippen LogP contribution in [0.4, 0.5) is 0 Å². The van der Waals surface area contributed by atoms with Crippen molar-refractivity contribution in [2.75, 3.05) is 0 Å². The minimum atomic E-state index is -0.787. The standard InChI is InChI=1S/C14H22O4/c1-13(2,8-11(15)16)10-4-6-14(3,7-5-10)9-12(17)18/h4,6,10H,5,7-9H2,1-3H3,(H,15,16)(H,17,18). The van der Waals surface area contributed by atoms with E-state index in [1.807, 2.05) is 32.9 Å². The largest absolute Gasteiger partial charge is 0.481 e. The normalized spacial score (nSPS) is 28.1. The first kappa shape index (κ1) is 14.7. The van der Waals surface area contributed by atoms with Gasteiger partial charge in [-0.15, -0.1) is 0 Å². The van der Waals surface area contributed by atoms with Gasteiger partial charge in [-0.05, 0) is 29.6 Å². The van der Waals surface area contributed by atoms with Crippen molar-refractivity contribution in [3.8, 4) is 0 Å². The molecule has 0 aromatic carbocycles. The Kier molecular flexibility index (Phi) is 4.20. The van der Waals surface area contributed by atoms with Gasteiger partial charge in [0.2, 0.25) is 0 Å². The second kappa shape index (κ2) is 5.12. The molecule has 0 amide bonds. The molecule has 0 aromatic rings. The Morgan fingerprint density at radius 3 is 2.33 bits per heavy atom. The molecule has 0 spiro atoms. The molecule has 18 heavy (non-hydrogen) atoms. The molecule has 0 aliphatic heterocycles. The molecule has 4 nitrogen and oxygen atoms in total. The molecule has 2 unspecified atom stereocenters. The Morgan fingerprint density at radius 1 is 1.33 bits per heavy atom. The van der Waals surface area contributed by atoms with Crippen LogP contribution in [0.2, 0.25) is 0 Å². The van der Waals surface area contributed by atoms with Gasteiger partial charge in [-0.25, -0.2) is 0 Å². The minimum absolute atomic E-state index is 0.135. The van der Waals surface area contributed by atoms with Gasteiger partial charge in [-0.2, -0.15) is 0 Å². The highest BCUT2D eigenvalue weighted by atomic mass is 16.4. The number of hydrogen-bond donors (Lipinski definition) is 2. The third-order valence-corrected chi connectivity index (χ3v) is 3.92. The zero-order valence-corrected chi connectivity index (χ0v) is 11.3. The van der Waals surface area contributed by atoms with E-state index in [2.05, 4.69) is 0 Å². The maximum atomic E-state index is 10.8. The van der Waals surface area contributed by atoms with Gasteiger partial charge in [-0.1, -0.05) is 32.9 Å². The smallest absolute Gasteiger partial charge is 0.304 e. The molecule has 1 aliphatic carbocycles. The van der Waals surface area contributed by atoms with Gasteiger partial charge in [0, 0.05) is 0 Å². The first-order valence-corrected chi connectivity index (χ1v) is 6.28. The summed E-state index contributed by atoms with van der Waals surface area (Å²) in [6.45, 7) is 5.85. The van der Waals surface area contributed by atoms with E-state index in [1.54, 1.807) is 0 Å². The number of carboxylic acid groups (broad SMARTS) is 2. The van der Waals surface area contributed by atoms with Crippen LogP contribution in [0.3, 0.4) is 0 Å². The summed E-state index contributed by atoms with van der Waals surface area (Å²) in [4.78, 5) is 21.6. The molecule has 1 aliphatic rings. The fourth-order valence-electron chi connectivity index (χ4n) is 2.68. The summed E-state index contributed by atoms with van der Waals surface area (Å²) in [5, 5.41) is 17.8. The lowest BCUT2D eigenvalue weighted by Gasteiger charge is -2.38. The second-order valence-electron chi connectivity index (χ2n) is 6.29. The van der Waals surface area contributed by atoms with E-state index < -0.39 is 11.9 Å². The zero-order chi connectivity index (χ0) is 14.0. The highest BCUT2D eigenvalue weighted by Gasteiger charge is 2.36. The average molecular weight is 254 g/mol. The van der Waals surface area contributed by atoms with E-state index >= 15 is 0 Å². The third kappa shape index (κ3) is 3.86. The SMILES string of the molecule is CC1(CC(=O)O)C=CC(C(C)(C)CC(=O)O)CC1. The molecule has 102 valence electrons. The molecule has 2 N–H and O–H groups in total. The minimum Gasteiger partial charge on any atom is -0.481 e. The summed E-state index contributed by atoms with van der Waals surface area (Å²) in [5.74, 6) is -1.37. The molecule has 0 fully saturated rings.